The van der Waals surface area contributed by atoms with Gasteiger partial charge in [0.2, 0.25) is 5.88 Å². The summed E-state index contributed by atoms with van der Waals surface area (Å²) < 4.78 is 5.96. The average Bonchev–Trinajstić information content (AvgIpc) is 2.43. The predicted octanol–water partition coefficient (Wildman–Crippen LogP) is 2.86. The SMILES string of the molecule is CCCc1cc(CNCC)cc(OCC(C)(C)N(C)C)n1. The summed E-state index contributed by atoms with van der Waals surface area (Å²) in [5.74, 6) is 0.740. The third kappa shape index (κ3) is 6.02. The van der Waals surface area contributed by atoms with Crippen molar-refractivity contribution in [2.24, 2.45) is 0 Å². The zero-order valence-corrected chi connectivity index (χ0v) is 14.5. The smallest absolute Gasteiger partial charge is 0.213 e. The summed E-state index contributed by atoms with van der Waals surface area (Å²) in [7, 11) is 4.14. The van der Waals surface area contributed by atoms with E-state index in [0.717, 1.165) is 37.5 Å². The highest BCUT2D eigenvalue weighted by atomic mass is 16.5. The number of ether oxygens (including phenoxy) is 1. The molecule has 4 nitrogen and oxygen atoms in total. The van der Waals surface area contributed by atoms with Crippen molar-refractivity contribution < 1.29 is 4.74 Å². The molecular weight excluding hydrogens is 262 g/mol. The van der Waals surface area contributed by atoms with Gasteiger partial charge in [0.25, 0.3) is 0 Å². The average molecular weight is 293 g/mol. The second kappa shape index (κ2) is 8.35. The molecule has 1 aromatic heterocycles. The predicted molar refractivity (Wildman–Crippen MR) is 88.9 cm³/mol. The van der Waals surface area contributed by atoms with Crippen LogP contribution >= 0.6 is 0 Å². The van der Waals surface area contributed by atoms with E-state index in [2.05, 4.69) is 63.1 Å². The van der Waals surface area contributed by atoms with Crippen molar-refractivity contribution in [3.8, 4) is 5.88 Å². The van der Waals surface area contributed by atoms with E-state index in [1.807, 2.05) is 6.07 Å². The van der Waals surface area contributed by atoms with Crippen molar-refractivity contribution in [2.75, 3.05) is 27.2 Å². The Morgan fingerprint density at radius 2 is 1.95 bits per heavy atom. The van der Waals surface area contributed by atoms with E-state index in [4.69, 9.17) is 4.74 Å². The number of nitrogens with zero attached hydrogens (tertiary/aromatic N) is 2. The van der Waals surface area contributed by atoms with Crippen molar-refractivity contribution in [3.05, 3.63) is 23.4 Å². The molecule has 0 aliphatic rings. The summed E-state index contributed by atoms with van der Waals surface area (Å²) in [5, 5.41) is 3.36. The number of aryl methyl sites for hydroxylation is 1. The summed E-state index contributed by atoms with van der Waals surface area (Å²) >= 11 is 0. The van der Waals surface area contributed by atoms with Crippen LogP contribution in [0.1, 0.15) is 45.4 Å². The minimum Gasteiger partial charge on any atom is -0.476 e. The number of likely N-dealkylation sites (N-methyl/N-ethyl adjacent to an activating group) is 1. The second-order valence-corrected chi connectivity index (χ2v) is 6.33. The molecule has 1 aromatic rings. The maximum atomic E-state index is 5.96. The zero-order valence-electron chi connectivity index (χ0n) is 14.5. The molecule has 4 heteroatoms. The van der Waals surface area contributed by atoms with Crippen molar-refractivity contribution >= 4 is 0 Å². The normalized spacial score (nSPS) is 12.0. The van der Waals surface area contributed by atoms with Gasteiger partial charge in [-0.2, -0.15) is 0 Å². The first kappa shape index (κ1) is 17.9. The van der Waals surface area contributed by atoms with Gasteiger partial charge in [-0.1, -0.05) is 20.3 Å². The molecule has 0 bridgehead atoms. The molecule has 0 radical (unpaired) electrons. The molecule has 1 rings (SSSR count). The molecule has 1 heterocycles. The molecule has 0 saturated carbocycles. The van der Waals surface area contributed by atoms with Gasteiger partial charge in [0.05, 0.1) is 0 Å². The van der Waals surface area contributed by atoms with Crippen LogP contribution < -0.4 is 10.1 Å². The number of rotatable bonds is 9. The lowest BCUT2D eigenvalue weighted by Gasteiger charge is -2.32. The molecule has 0 atom stereocenters. The fourth-order valence-electron chi connectivity index (χ4n) is 1.83. The maximum absolute atomic E-state index is 5.96. The first-order valence-corrected chi connectivity index (χ1v) is 7.89. The van der Waals surface area contributed by atoms with Crippen molar-refractivity contribution in [3.63, 3.8) is 0 Å². The zero-order chi connectivity index (χ0) is 15.9. The number of pyridine rings is 1. The largest absolute Gasteiger partial charge is 0.476 e. The lowest BCUT2D eigenvalue weighted by Crippen LogP contribution is -2.43. The van der Waals surface area contributed by atoms with E-state index in [-0.39, 0.29) is 5.54 Å². The quantitative estimate of drug-likeness (QED) is 0.760. The van der Waals surface area contributed by atoms with E-state index in [1.54, 1.807) is 0 Å². The minimum absolute atomic E-state index is 0.00965. The summed E-state index contributed by atoms with van der Waals surface area (Å²) in [6.45, 7) is 11.1. The van der Waals surface area contributed by atoms with Gasteiger partial charge < -0.3 is 15.0 Å². The van der Waals surface area contributed by atoms with Gasteiger partial charge in [0.15, 0.2) is 0 Å². The molecule has 1 N–H and O–H groups in total. The van der Waals surface area contributed by atoms with E-state index in [1.165, 1.54) is 5.56 Å². The fourth-order valence-corrected chi connectivity index (χ4v) is 1.83. The monoisotopic (exact) mass is 293 g/mol. The van der Waals surface area contributed by atoms with E-state index < -0.39 is 0 Å². The number of aromatic nitrogens is 1. The molecule has 0 aromatic carbocycles. The van der Waals surface area contributed by atoms with Crippen LogP contribution in [0.5, 0.6) is 5.88 Å². The van der Waals surface area contributed by atoms with Gasteiger partial charge in [-0.05, 0) is 52.5 Å². The summed E-state index contributed by atoms with van der Waals surface area (Å²) in [5.41, 5.74) is 2.35. The molecule has 0 spiro atoms. The molecule has 0 aliphatic heterocycles. The van der Waals surface area contributed by atoms with E-state index in [9.17, 15) is 0 Å². The molecule has 0 fully saturated rings. The fraction of sp³-hybridized carbons (Fsp3) is 0.706. The summed E-state index contributed by atoms with van der Waals surface area (Å²) in [6, 6.07) is 4.23. The Morgan fingerprint density at radius 3 is 2.52 bits per heavy atom. The molecule has 0 aliphatic carbocycles. The highest BCUT2D eigenvalue weighted by Gasteiger charge is 2.21. The lowest BCUT2D eigenvalue weighted by molar-refractivity contribution is 0.111. The van der Waals surface area contributed by atoms with Crippen LogP contribution in [0, 0.1) is 0 Å². The Morgan fingerprint density at radius 1 is 1.24 bits per heavy atom. The maximum Gasteiger partial charge on any atom is 0.213 e. The number of nitrogens with one attached hydrogen (secondary N) is 1. The van der Waals surface area contributed by atoms with Crippen LogP contribution in [-0.4, -0.2) is 42.7 Å². The Kier molecular flexibility index (Phi) is 7.12. The highest BCUT2D eigenvalue weighted by molar-refractivity contribution is 5.25. The van der Waals surface area contributed by atoms with Gasteiger partial charge in [0, 0.05) is 23.8 Å². The van der Waals surface area contributed by atoms with E-state index >= 15 is 0 Å². The van der Waals surface area contributed by atoms with Gasteiger partial charge in [-0.15, -0.1) is 0 Å². The first-order chi connectivity index (χ1) is 9.89. The Bertz CT molecular complexity index is 430. The van der Waals surface area contributed by atoms with Crippen LogP contribution in [0.3, 0.4) is 0 Å². The van der Waals surface area contributed by atoms with Crippen LogP contribution in [0.15, 0.2) is 12.1 Å². The van der Waals surface area contributed by atoms with Gasteiger partial charge in [0.1, 0.15) is 6.61 Å². The third-order valence-electron chi connectivity index (χ3n) is 3.78. The van der Waals surface area contributed by atoms with E-state index in [0.29, 0.717) is 6.61 Å². The van der Waals surface area contributed by atoms with Crippen molar-refractivity contribution in [1.29, 1.82) is 0 Å². The summed E-state index contributed by atoms with van der Waals surface area (Å²) in [4.78, 5) is 6.79. The van der Waals surface area contributed by atoms with Crippen LogP contribution in [0.4, 0.5) is 0 Å². The standard InChI is InChI=1S/C17H31N3O/c1-7-9-15-10-14(12-18-8-2)11-16(19-15)21-13-17(3,4)20(5)6/h10-11,18H,7-9,12-13H2,1-6H3. The Labute approximate surface area is 129 Å². The molecule has 21 heavy (non-hydrogen) atoms. The van der Waals surface area contributed by atoms with Crippen LogP contribution in [0.25, 0.3) is 0 Å². The molecule has 120 valence electrons. The molecule has 0 saturated heterocycles. The van der Waals surface area contributed by atoms with Crippen molar-refractivity contribution in [1.82, 2.24) is 15.2 Å². The highest BCUT2D eigenvalue weighted by Crippen LogP contribution is 2.17. The first-order valence-electron chi connectivity index (χ1n) is 7.89. The molecule has 0 unspecified atom stereocenters. The van der Waals surface area contributed by atoms with Gasteiger partial charge in [-0.3, -0.25) is 0 Å². The Hall–Kier alpha value is -1.13. The van der Waals surface area contributed by atoms with Gasteiger partial charge >= 0.3 is 0 Å². The number of hydrogen-bond acceptors (Lipinski definition) is 4. The Balaban J connectivity index is 2.82. The van der Waals surface area contributed by atoms with Crippen molar-refractivity contribution in [2.45, 2.75) is 52.6 Å². The lowest BCUT2D eigenvalue weighted by atomic mass is 10.1. The molecule has 0 amide bonds. The van der Waals surface area contributed by atoms with Crippen LogP contribution in [-0.2, 0) is 13.0 Å². The number of hydrogen-bond donors (Lipinski definition) is 1. The summed E-state index contributed by atoms with van der Waals surface area (Å²) in [6.07, 6.45) is 2.09. The van der Waals surface area contributed by atoms with Gasteiger partial charge in [-0.25, -0.2) is 4.98 Å². The minimum atomic E-state index is -0.00965. The topological polar surface area (TPSA) is 37.4 Å². The van der Waals surface area contributed by atoms with Crippen LogP contribution in [0.2, 0.25) is 0 Å². The third-order valence-corrected chi connectivity index (χ3v) is 3.78. The molecular formula is C17H31N3O. The second-order valence-electron chi connectivity index (χ2n) is 6.33.